The molecule has 0 radical (unpaired) electrons. The van der Waals surface area contributed by atoms with Gasteiger partial charge in [-0.1, -0.05) is 0 Å². The highest BCUT2D eigenvalue weighted by Gasteiger charge is 2.21. The van der Waals surface area contributed by atoms with E-state index in [1.807, 2.05) is 17.5 Å². The average Bonchev–Trinajstić information content (AvgIpc) is 3.22. The molecule has 1 aliphatic heterocycles. The van der Waals surface area contributed by atoms with Gasteiger partial charge in [-0.2, -0.15) is 0 Å². The van der Waals surface area contributed by atoms with Crippen LogP contribution in [0.5, 0.6) is 0 Å². The quantitative estimate of drug-likeness (QED) is 0.738. The molecule has 0 atom stereocenters. The Morgan fingerprint density at radius 3 is 2.64 bits per heavy atom. The zero-order valence-corrected chi connectivity index (χ0v) is 14.5. The van der Waals surface area contributed by atoms with Gasteiger partial charge in [0.2, 0.25) is 5.91 Å². The van der Waals surface area contributed by atoms with Gasteiger partial charge in [0.25, 0.3) is 10.0 Å². The van der Waals surface area contributed by atoms with E-state index in [0.717, 1.165) is 10.6 Å². The van der Waals surface area contributed by atoms with Crippen molar-refractivity contribution in [3.05, 3.63) is 59.6 Å². The van der Waals surface area contributed by atoms with Crippen LogP contribution in [0, 0.1) is 0 Å². The van der Waals surface area contributed by atoms with E-state index in [-0.39, 0.29) is 17.2 Å². The van der Waals surface area contributed by atoms with Crippen LogP contribution in [-0.4, -0.2) is 19.3 Å². The molecule has 3 aromatic rings. The predicted molar refractivity (Wildman–Crippen MR) is 97.1 cm³/mol. The summed E-state index contributed by atoms with van der Waals surface area (Å²) >= 11 is 1.52. The van der Waals surface area contributed by atoms with Gasteiger partial charge in [0, 0.05) is 28.5 Å². The van der Waals surface area contributed by atoms with E-state index in [4.69, 9.17) is 0 Å². The summed E-state index contributed by atoms with van der Waals surface area (Å²) in [5, 5.41) is 5.45. The molecule has 2 heterocycles. The number of nitrogens with zero attached hydrogens (tertiary/aromatic N) is 1. The summed E-state index contributed by atoms with van der Waals surface area (Å²) in [4.78, 5) is 15.8. The second-order valence-corrected chi connectivity index (χ2v) is 8.14. The van der Waals surface area contributed by atoms with E-state index in [0.29, 0.717) is 16.9 Å². The van der Waals surface area contributed by atoms with Crippen molar-refractivity contribution in [1.29, 1.82) is 0 Å². The van der Waals surface area contributed by atoms with Crippen LogP contribution in [-0.2, 0) is 21.2 Å². The van der Waals surface area contributed by atoms with Crippen molar-refractivity contribution in [2.75, 3.05) is 10.0 Å². The molecule has 0 aliphatic carbocycles. The number of amides is 1. The van der Waals surface area contributed by atoms with Crippen LogP contribution in [0.3, 0.4) is 0 Å². The molecule has 1 aromatic heterocycles. The Hall–Kier alpha value is -2.71. The standard InChI is InChI=1S/C17H13N3O3S2/c21-16-10-12-9-14(5-6-15(12)19-16)25(22,23)20-13-3-1-11(2-4-13)17-18-7-8-24-17/h1-9,20H,10H2,(H,19,21). The van der Waals surface area contributed by atoms with Gasteiger partial charge in [-0.3, -0.25) is 9.52 Å². The summed E-state index contributed by atoms with van der Waals surface area (Å²) in [6, 6.07) is 11.7. The molecule has 0 saturated heterocycles. The number of aromatic nitrogens is 1. The van der Waals surface area contributed by atoms with Gasteiger partial charge in [-0.15, -0.1) is 11.3 Å². The van der Waals surface area contributed by atoms with E-state index in [1.165, 1.54) is 23.5 Å². The fraction of sp³-hybridized carbons (Fsp3) is 0.0588. The first-order valence-corrected chi connectivity index (χ1v) is 9.83. The SMILES string of the molecule is O=C1Cc2cc(S(=O)(=O)Nc3ccc(-c4nccs4)cc3)ccc2N1. The minimum atomic E-state index is -3.72. The first kappa shape index (κ1) is 15.8. The number of hydrogen-bond donors (Lipinski definition) is 2. The van der Waals surface area contributed by atoms with Crippen molar-refractivity contribution in [3.8, 4) is 10.6 Å². The normalized spacial score (nSPS) is 13.4. The number of hydrogen-bond acceptors (Lipinski definition) is 5. The Morgan fingerprint density at radius 1 is 1.12 bits per heavy atom. The van der Waals surface area contributed by atoms with Crippen LogP contribution < -0.4 is 10.0 Å². The first-order valence-electron chi connectivity index (χ1n) is 7.47. The Balaban J connectivity index is 1.57. The van der Waals surface area contributed by atoms with Gasteiger partial charge in [0.15, 0.2) is 0 Å². The molecule has 2 aromatic carbocycles. The molecule has 4 rings (SSSR count). The summed E-state index contributed by atoms with van der Waals surface area (Å²) < 4.78 is 27.7. The lowest BCUT2D eigenvalue weighted by Gasteiger charge is -2.09. The number of sulfonamides is 1. The highest BCUT2D eigenvalue weighted by Crippen LogP contribution is 2.28. The zero-order valence-electron chi connectivity index (χ0n) is 12.9. The van der Waals surface area contributed by atoms with E-state index >= 15 is 0 Å². The van der Waals surface area contributed by atoms with E-state index in [9.17, 15) is 13.2 Å². The molecule has 0 fully saturated rings. The number of thiazole rings is 1. The molecule has 126 valence electrons. The Kier molecular flexibility index (Phi) is 3.78. The highest BCUT2D eigenvalue weighted by atomic mass is 32.2. The summed E-state index contributed by atoms with van der Waals surface area (Å²) in [7, 11) is -3.72. The number of nitrogens with one attached hydrogen (secondary N) is 2. The fourth-order valence-electron chi connectivity index (χ4n) is 2.63. The van der Waals surface area contributed by atoms with Crippen molar-refractivity contribution < 1.29 is 13.2 Å². The molecule has 6 nitrogen and oxygen atoms in total. The lowest BCUT2D eigenvalue weighted by Crippen LogP contribution is -2.13. The number of carbonyl (C=O) groups is 1. The van der Waals surface area contributed by atoms with Gasteiger partial charge >= 0.3 is 0 Å². The molecular formula is C17H13N3O3S2. The molecule has 0 saturated carbocycles. The highest BCUT2D eigenvalue weighted by molar-refractivity contribution is 7.92. The topological polar surface area (TPSA) is 88.2 Å². The third kappa shape index (κ3) is 3.13. The lowest BCUT2D eigenvalue weighted by atomic mass is 10.2. The van der Waals surface area contributed by atoms with Crippen LogP contribution in [0.2, 0.25) is 0 Å². The summed E-state index contributed by atoms with van der Waals surface area (Å²) in [5.74, 6) is -0.129. The number of rotatable bonds is 4. The fourth-order valence-corrected chi connectivity index (χ4v) is 4.39. The minimum absolute atomic E-state index is 0.129. The predicted octanol–water partition coefficient (Wildman–Crippen LogP) is 3.11. The van der Waals surface area contributed by atoms with Crippen molar-refractivity contribution >= 4 is 38.6 Å². The Morgan fingerprint density at radius 2 is 1.92 bits per heavy atom. The lowest BCUT2D eigenvalue weighted by molar-refractivity contribution is -0.115. The minimum Gasteiger partial charge on any atom is -0.326 e. The monoisotopic (exact) mass is 371 g/mol. The second-order valence-electron chi connectivity index (χ2n) is 5.56. The Bertz CT molecular complexity index is 1040. The van der Waals surface area contributed by atoms with E-state index < -0.39 is 10.0 Å². The van der Waals surface area contributed by atoms with Crippen LogP contribution >= 0.6 is 11.3 Å². The smallest absolute Gasteiger partial charge is 0.261 e. The van der Waals surface area contributed by atoms with Crippen molar-refractivity contribution in [1.82, 2.24) is 4.98 Å². The molecule has 0 spiro atoms. The van der Waals surface area contributed by atoms with Crippen LogP contribution in [0.15, 0.2) is 58.9 Å². The van der Waals surface area contributed by atoms with Crippen LogP contribution in [0.1, 0.15) is 5.56 Å². The average molecular weight is 371 g/mol. The molecule has 8 heteroatoms. The summed E-state index contributed by atoms with van der Waals surface area (Å²) in [5.41, 5.74) is 2.75. The molecule has 0 bridgehead atoms. The van der Waals surface area contributed by atoms with Gasteiger partial charge in [-0.05, 0) is 48.0 Å². The van der Waals surface area contributed by atoms with Crippen molar-refractivity contribution in [2.24, 2.45) is 0 Å². The number of carbonyl (C=O) groups excluding carboxylic acids is 1. The maximum atomic E-state index is 12.6. The van der Waals surface area contributed by atoms with Crippen LogP contribution in [0.4, 0.5) is 11.4 Å². The largest absolute Gasteiger partial charge is 0.326 e. The third-order valence-corrected chi connectivity index (χ3v) is 6.03. The molecule has 1 aliphatic rings. The van der Waals surface area contributed by atoms with Gasteiger partial charge < -0.3 is 5.32 Å². The zero-order chi connectivity index (χ0) is 17.4. The molecule has 1 amide bonds. The maximum absolute atomic E-state index is 12.6. The second kappa shape index (κ2) is 5.98. The first-order chi connectivity index (χ1) is 12.0. The maximum Gasteiger partial charge on any atom is 0.261 e. The number of anilines is 2. The third-order valence-electron chi connectivity index (χ3n) is 3.83. The molecule has 25 heavy (non-hydrogen) atoms. The Labute approximate surface area is 148 Å². The van der Waals surface area contributed by atoms with E-state index in [1.54, 1.807) is 24.4 Å². The number of fused-ring (bicyclic) bond motifs is 1. The van der Waals surface area contributed by atoms with Gasteiger partial charge in [0.05, 0.1) is 11.3 Å². The molecule has 0 unspecified atom stereocenters. The molecule has 2 N–H and O–H groups in total. The van der Waals surface area contributed by atoms with Gasteiger partial charge in [-0.25, -0.2) is 13.4 Å². The molecular weight excluding hydrogens is 358 g/mol. The van der Waals surface area contributed by atoms with Crippen molar-refractivity contribution in [2.45, 2.75) is 11.3 Å². The summed E-state index contributed by atoms with van der Waals surface area (Å²) in [6.07, 6.45) is 1.92. The van der Waals surface area contributed by atoms with E-state index in [2.05, 4.69) is 15.0 Å². The van der Waals surface area contributed by atoms with Gasteiger partial charge in [0.1, 0.15) is 5.01 Å². The summed E-state index contributed by atoms with van der Waals surface area (Å²) in [6.45, 7) is 0. The van der Waals surface area contributed by atoms with Crippen LogP contribution in [0.25, 0.3) is 10.6 Å². The van der Waals surface area contributed by atoms with Crippen molar-refractivity contribution in [3.63, 3.8) is 0 Å². The number of benzene rings is 2.